The molecule has 3 nitrogen and oxygen atoms in total. The summed E-state index contributed by atoms with van der Waals surface area (Å²) in [7, 11) is 0. The topological polar surface area (TPSA) is 18.5 Å². The summed E-state index contributed by atoms with van der Waals surface area (Å²) < 4.78 is 0. The second kappa shape index (κ2) is 6.04. The first kappa shape index (κ1) is 13.7. The Balaban J connectivity index is 1.56. The van der Waals surface area contributed by atoms with Gasteiger partial charge in [0.05, 0.1) is 0 Å². The van der Waals surface area contributed by atoms with Gasteiger partial charge < -0.3 is 10.2 Å². The molecule has 2 fully saturated rings. The second-order valence-corrected chi connectivity index (χ2v) is 6.46. The van der Waals surface area contributed by atoms with Gasteiger partial charge in [-0.15, -0.1) is 0 Å². The van der Waals surface area contributed by atoms with Crippen molar-refractivity contribution < 1.29 is 0 Å². The molecule has 2 aliphatic rings. The average Bonchev–Trinajstić information content (AvgIpc) is 3.10. The molecule has 3 heteroatoms. The van der Waals surface area contributed by atoms with Crippen LogP contribution in [0.25, 0.3) is 0 Å². The lowest BCUT2D eigenvalue weighted by Crippen LogP contribution is -2.31. The summed E-state index contributed by atoms with van der Waals surface area (Å²) in [6.45, 7) is 9.41. The summed E-state index contributed by atoms with van der Waals surface area (Å²) in [4.78, 5) is 5.04. The number of nitrogens with one attached hydrogen (secondary N) is 1. The van der Waals surface area contributed by atoms with Gasteiger partial charge in [-0.2, -0.15) is 0 Å². The number of nitrogens with zero attached hydrogens (tertiary/aromatic N) is 2. The van der Waals surface area contributed by atoms with Crippen molar-refractivity contribution >= 4 is 11.4 Å². The molecule has 0 aliphatic carbocycles. The Hall–Kier alpha value is -1.22. The van der Waals surface area contributed by atoms with Crippen LogP contribution in [0.2, 0.25) is 0 Å². The van der Waals surface area contributed by atoms with E-state index in [1.807, 2.05) is 0 Å². The monoisotopic (exact) mass is 273 g/mol. The van der Waals surface area contributed by atoms with Crippen LogP contribution in [0.5, 0.6) is 0 Å². The predicted molar refractivity (Wildman–Crippen MR) is 86.6 cm³/mol. The van der Waals surface area contributed by atoms with Gasteiger partial charge in [-0.05, 0) is 57.4 Å². The molecular weight excluding hydrogens is 246 g/mol. The maximum Gasteiger partial charge on any atom is 0.0400 e. The molecule has 0 aromatic heterocycles. The molecule has 0 saturated carbocycles. The van der Waals surface area contributed by atoms with Crippen molar-refractivity contribution in [3.8, 4) is 0 Å². The lowest BCUT2D eigenvalue weighted by atomic mass is 10.2. The molecule has 1 aromatic carbocycles. The van der Waals surface area contributed by atoms with E-state index >= 15 is 0 Å². The van der Waals surface area contributed by atoms with E-state index in [0.717, 1.165) is 0 Å². The zero-order valence-electron chi connectivity index (χ0n) is 12.8. The predicted octanol–water partition coefficient (Wildman–Crippen LogP) is 3.18. The highest BCUT2D eigenvalue weighted by atomic mass is 15.2. The van der Waals surface area contributed by atoms with Crippen LogP contribution in [0.3, 0.4) is 0 Å². The van der Waals surface area contributed by atoms with Crippen molar-refractivity contribution in [1.82, 2.24) is 4.90 Å². The van der Waals surface area contributed by atoms with E-state index in [1.165, 1.54) is 56.8 Å². The van der Waals surface area contributed by atoms with Crippen LogP contribution < -0.4 is 10.2 Å². The Morgan fingerprint density at radius 3 is 2.35 bits per heavy atom. The molecule has 1 unspecified atom stereocenters. The third kappa shape index (κ3) is 3.09. The first-order valence-electron chi connectivity index (χ1n) is 8.08. The first-order valence-corrected chi connectivity index (χ1v) is 8.08. The Kier molecular flexibility index (Phi) is 4.16. The minimum Gasteiger partial charge on any atom is -0.381 e. The van der Waals surface area contributed by atoms with Crippen molar-refractivity contribution in [1.29, 1.82) is 0 Å². The Bertz CT molecular complexity index is 420. The van der Waals surface area contributed by atoms with Crippen molar-refractivity contribution in [3.63, 3.8) is 0 Å². The molecule has 3 rings (SSSR count). The molecule has 0 spiro atoms. The van der Waals surface area contributed by atoms with Crippen LogP contribution in [0.15, 0.2) is 24.3 Å². The summed E-state index contributed by atoms with van der Waals surface area (Å²) in [6.07, 6.45) is 3.94. The number of likely N-dealkylation sites (tertiary alicyclic amines) is 1. The molecule has 1 atom stereocenters. The number of benzene rings is 1. The molecule has 0 radical (unpaired) electrons. The highest BCUT2D eigenvalue weighted by Gasteiger charge is 2.23. The molecular formula is C17H27N3. The number of rotatable bonds is 4. The van der Waals surface area contributed by atoms with E-state index < -0.39 is 0 Å². The van der Waals surface area contributed by atoms with E-state index in [0.29, 0.717) is 12.1 Å². The van der Waals surface area contributed by atoms with Gasteiger partial charge in [0.25, 0.3) is 0 Å². The van der Waals surface area contributed by atoms with Gasteiger partial charge in [-0.3, -0.25) is 4.90 Å². The smallest absolute Gasteiger partial charge is 0.0400 e. The number of hydrogen-bond donors (Lipinski definition) is 1. The van der Waals surface area contributed by atoms with Crippen molar-refractivity contribution in [2.45, 2.75) is 45.2 Å². The second-order valence-electron chi connectivity index (χ2n) is 6.46. The van der Waals surface area contributed by atoms with Gasteiger partial charge in [0.2, 0.25) is 0 Å². The zero-order chi connectivity index (χ0) is 13.9. The highest BCUT2D eigenvalue weighted by Crippen LogP contribution is 2.23. The lowest BCUT2D eigenvalue weighted by Gasteiger charge is -2.21. The highest BCUT2D eigenvalue weighted by molar-refractivity contribution is 5.55. The van der Waals surface area contributed by atoms with Crippen LogP contribution in [0, 0.1) is 0 Å². The first-order chi connectivity index (χ1) is 9.72. The van der Waals surface area contributed by atoms with E-state index in [-0.39, 0.29) is 0 Å². The summed E-state index contributed by atoms with van der Waals surface area (Å²) in [5, 5.41) is 3.68. The van der Waals surface area contributed by atoms with Gasteiger partial charge in [0, 0.05) is 49.6 Å². The molecule has 1 aromatic rings. The third-order valence-corrected chi connectivity index (χ3v) is 4.66. The standard InChI is InChI=1S/C17H27N3/c1-14(2)20-12-9-16(13-20)18-15-5-7-17(8-6-15)19-10-3-4-11-19/h5-8,14,16,18H,3-4,9-13H2,1-2H3. The summed E-state index contributed by atoms with van der Waals surface area (Å²) in [5.41, 5.74) is 2.65. The Morgan fingerprint density at radius 1 is 1.05 bits per heavy atom. The van der Waals surface area contributed by atoms with E-state index in [1.54, 1.807) is 0 Å². The zero-order valence-corrected chi connectivity index (χ0v) is 12.8. The van der Waals surface area contributed by atoms with E-state index in [4.69, 9.17) is 0 Å². The largest absolute Gasteiger partial charge is 0.381 e. The van der Waals surface area contributed by atoms with Crippen LogP contribution in [0.1, 0.15) is 33.1 Å². The fraction of sp³-hybridized carbons (Fsp3) is 0.647. The van der Waals surface area contributed by atoms with Crippen molar-refractivity contribution in [2.75, 3.05) is 36.4 Å². The quantitative estimate of drug-likeness (QED) is 0.909. The van der Waals surface area contributed by atoms with Crippen LogP contribution in [0.4, 0.5) is 11.4 Å². The van der Waals surface area contributed by atoms with E-state index in [2.05, 4.69) is 53.2 Å². The molecule has 1 N–H and O–H groups in total. The van der Waals surface area contributed by atoms with Gasteiger partial charge in [-0.1, -0.05) is 0 Å². The molecule has 0 bridgehead atoms. The normalized spacial score (nSPS) is 23.8. The fourth-order valence-corrected chi connectivity index (χ4v) is 3.35. The minimum absolute atomic E-state index is 0.607. The molecule has 2 aliphatic heterocycles. The average molecular weight is 273 g/mol. The molecule has 110 valence electrons. The molecule has 20 heavy (non-hydrogen) atoms. The maximum absolute atomic E-state index is 3.68. The van der Waals surface area contributed by atoms with Crippen molar-refractivity contribution in [3.05, 3.63) is 24.3 Å². The fourth-order valence-electron chi connectivity index (χ4n) is 3.35. The van der Waals surface area contributed by atoms with Gasteiger partial charge in [-0.25, -0.2) is 0 Å². The summed E-state index contributed by atoms with van der Waals surface area (Å²) >= 11 is 0. The van der Waals surface area contributed by atoms with Gasteiger partial charge in [0.15, 0.2) is 0 Å². The summed E-state index contributed by atoms with van der Waals surface area (Å²) in [5.74, 6) is 0. The SMILES string of the molecule is CC(C)N1CCC(Nc2ccc(N3CCCC3)cc2)C1. The Labute approximate surface area is 123 Å². The van der Waals surface area contributed by atoms with Crippen LogP contribution in [-0.4, -0.2) is 43.2 Å². The molecule has 0 amide bonds. The van der Waals surface area contributed by atoms with Gasteiger partial charge >= 0.3 is 0 Å². The summed E-state index contributed by atoms with van der Waals surface area (Å²) in [6, 6.07) is 10.3. The van der Waals surface area contributed by atoms with E-state index in [9.17, 15) is 0 Å². The number of hydrogen-bond acceptors (Lipinski definition) is 3. The van der Waals surface area contributed by atoms with Crippen LogP contribution in [-0.2, 0) is 0 Å². The lowest BCUT2D eigenvalue weighted by molar-refractivity contribution is 0.274. The molecule has 2 heterocycles. The molecule has 2 saturated heterocycles. The Morgan fingerprint density at radius 2 is 1.75 bits per heavy atom. The van der Waals surface area contributed by atoms with Crippen molar-refractivity contribution in [2.24, 2.45) is 0 Å². The van der Waals surface area contributed by atoms with Gasteiger partial charge in [0.1, 0.15) is 0 Å². The maximum atomic E-state index is 3.68. The minimum atomic E-state index is 0.607. The number of anilines is 2. The van der Waals surface area contributed by atoms with Crippen LogP contribution >= 0.6 is 0 Å². The third-order valence-electron chi connectivity index (χ3n) is 4.66.